The lowest BCUT2D eigenvalue weighted by Crippen LogP contribution is -2.34. The third kappa shape index (κ3) is 5.47. The zero-order valence-electron chi connectivity index (χ0n) is 16.9. The number of benzene rings is 2. The van der Waals surface area contributed by atoms with Crippen molar-refractivity contribution in [2.45, 2.75) is 39.8 Å². The van der Waals surface area contributed by atoms with E-state index in [0.717, 1.165) is 42.3 Å². The van der Waals surface area contributed by atoms with Gasteiger partial charge >= 0.3 is 0 Å². The van der Waals surface area contributed by atoms with E-state index in [1.807, 2.05) is 42.5 Å². The average molecular weight is 370 g/mol. The molecule has 27 heavy (non-hydrogen) atoms. The summed E-state index contributed by atoms with van der Waals surface area (Å²) in [7, 11) is 0. The number of para-hydroxylation sites is 1. The third-order valence-electron chi connectivity index (χ3n) is 4.70. The number of hydrogen-bond acceptors (Lipinski definition) is 4. The minimum absolute atomic E-state index is 0.197. The fourth-order valence-electron chi connectivity index (χ4n) is 3.41. The first-order valence-corrected chi connectivity index (χ1v) is 9.62. The van der Waals surface area contributed by atoms with Crippen molar-refractivity contribution in [2.75, 3.05) is 26.3 Å². The lowest BCUT2D eigenvalue weighted by Gasteiger charge is -2.29. The van der Waals surface area contributed by atoms with Gasteiger partial charge in [0.2, 0.25) is 0 Å². The Bertz CT molecular complexity index is 750. The van der Waals surface area contributed by atoms with Crippen LogP contribution in [0.3, 0.4) is 0 Å². The molecule has 0 unspecified atom stereocenters. The minimum atomic E-state index is -1.08. The summed E-state index contributed by atoms with van der Waals surface area (Å²) in [6, 6.07) is 15.6. The number of aliphatic hydroxyl groups is 1. The predicted octanol–water partition coefficient (Wildman–Crippen LogP) is 4.21. The Hall–Kier alpha value is -2.04. The van der Waals surface area contributed by atoms with Crippen LogP contribution in [0.25, 0.3) is 0 Å². The monoisotopic (exact) mass is 369 g/mol. The molecule has 1 N–H and O–H groups in total. The van der Waals surface area contributed by atoms with Gasteiger partial charge in [-0.2, -0.15) is 0 Å². The van der Waals surface area contributed by atoms with Crippen molar-refractivity contribution in [2.24, 2.45) is 5.41 Å². The van der Waals surface area contributed by atoms with E-state index >= 15 is 0 Å². The third-order valence-corrected chi connectivity index (χ3v) is 4.70. The van der Waals surface area contributed by atoms with Crippen LogP contribution < -0.4 is 9.47 Å². The number of hydrogen-bond donors (Lipinski definition) is 1. The van der Waals surface area contributed by atoms with Crippen molar-refractivity contribution in [1.82, 2.24) is 4.90 Å². The van der Waals surface area contributed by atoms with E-state index in [-0.39, 0.29) is 12.0 Å². The summed E-state index contributed by atoms with van der Waals surface area (Å²) in [6.45, 7) is 12.2. The quantitative estimate of drug-likeness (QED) is 0.857. The summed E-state index contributed by atoms with van der Waals surface area (Å²) >= 11 is 0. The van der Waals surface area contributed by atoms with Crippen LogP contribution >= 0.6 is 0 Å². The van der Waals surface area contributed by atoms with Crippen molar-refractivity contribution in [3.8, 4) is 11.5 Å². The highest BCUT2D eigenvalue weighted by molar-refractivity contribution is 5.40. The highest BCUT2D eigenvalue weighted by Crippen LogP contribution is 2.31. The van der Waals surface area contributed by atoms with Crippen LogP contribution in [0.2, 0.25) is 0 Å². The van der Waals surface area contributed by atoms with E-state index < -0.39 is 5.60 Å². The van der Waals surface area contributed by atoms with Gasteiger partial charge < -0.3 is 14.6 Å². The Morgan fingerprint density at radius 1 is 1.07 bits per heavy atom. The topological polar surface area (TPSA) is 41.9 Å². The number of fused-ring (bicyclic) bond motifs is 1. The van der Waals surface area contributed by atoms with Crippen LogP contribution in [0.15, 0.2) is 48.5 Å². The molecule has 4 heteroatoms. The summed E-state index contributed by atoms with van der Waals surface area (Å²) in [4.78, 5) is 2.42. The Labute approximate surface area is 162 Å². The summed E-state index contributed by atoms with van der Waals surface area (Å²) < 4.78 is 11.7. The molecule has 0 bridgehead atoms. The Kier molecular flexibility index (Phi) is 5.78. The molecule has 4 nitrogen and oxygen atoms in total. The van der Waals surface area contributed by atoms with E-state index in [9.17, 15) is 5.11 Å². The van der Waals surface area contributed by atoms with Crippen LogP contribution in [-0.2, 0) is 12.1 Å². The Morgan fingerprint density at radius 2 is 1.81 bits per heavy atom. The molecule has 0 radical (unpaired) electrons. The van der Waals surface area contributed by atoms with Crippen molar-refractivity contribution in [1.29, 1.82) is 0 Å². The van der Waals surface area contributed by atoms with E-state index in [2.05, 4.69) is 31.7 Å². The fourth-order valence-corrected chi connectivity index (χ4v) is 3.41. The van der Waals surface area contributed by atoms with Crippen LogP contribution in [0, 0.1) is 5.41 Å². The molecular weight excluding hydrogens is 338 g/mol. The summed E-state index contributed by atoms with van der Waals surface area (Å²) in [5.74, 6) is 1.67. The second-order valence-electron chi connectivity index (χ2n) is 8.82. The molecule has 0 spiro atoms. The van der Waals surface area contributed by atoms with Gasteiger partial charge in [0.05, 0.1) is 0 Å². The highest BCUT2D eigenvalue weighted by atomic mass is 16.5. The van der Waals surface area contributed by atoms with Crippen molar-refractivity contribution in [3.05, 3.63) is 59.7 Å². The van der Waals surface area contributed by atoms with Gasteiger partial charge in [0.25, 0.3) is 0 Å². The molecule has 0 amide bonds. The lowest BCUT2D eigenvalue weighted by atomic mass is 9.93. The molecule has 146 valence electrons. The second-order valence-corrected chi connectivity index (χ2v) is 8.82. The highest BCUT2D eigenvalue weighted by Gasteiger charge is 2.27. The molecule has 0 aliphatic carbocycles. The van der Waals surface area contributed by atoms with Crippen LogP contribution in [-0.4, -0.2) is 36.3 Å². The first kappa shape index (κ1) is 19.7. The van der Waals surface area contributed by atoms with E-state index in [0.29, 0.717) is 6.61 Å². The van der Waals surface area contributed by atoms with E-state index in [1.165, 1.54) is 0 Å². The molecule has 2 aromatic rings. The normalized spacial score (nSPS) is 17.4. The second kappa shape index (κ2) is 7.91. The average Bonchev–Trinajstić information content (AvgIpc) is 2.80. The van der Waals surface area contributed by atoms with Gasteiger partial charge in [-0.15, -0.1) is 0 Å². The Morgan fingerprint density at radius 3 is 2.52 bits per heavy atom. The molecule has 1 atom stereocenters. The maximum absolute atomic E-state index is 11.0. The lowest BCUT2D eigenvalue weighted by molar-refractivity contribution is 0.00747. The fraction of sp³-hybridized carbons (Fsp3) is 0.478. The first-order valence-electron chi connectivity index (χ1n) is 9.62. The van der Waals surface area contributed by atoms with Crippen molar-refractivity contribution < 1.29 is 14.6 Å². The molecule has 1 heterocycles. The number of rotatable bonds is 5. The van der Waals surface area contributed by atoms with Crippen LogP contribution in [0.4, 0.5) is 0 Å². The molecular formula is C23H31NO3. The smallest absolute Gasteiger partial charge is 0.123 e. The maximum atomic E-state index is 11.0. The van der Waals surface area contributed by atoms with Crippen molar-refractivity contribution >= 4 is 0 Å². The molecule has 0 saturated heterocycles. The Balaban J connectivity index is 1.75. The summed E-state index contributed by atoms with van der Waals surface area (Å²) in [5, 5.41) is 11.0. The molecule has 1 aliphatic rings. The molecule has 0 saturated carbocycles. The van der Waals surface area contributed by atoms with Gasteiger partial charge in [-0.1, -0.05) is 45.0 Å². The molecule has 0 fully saturated rings. The van der Waals surface area contributed by atoms with Crippen molar-refractivity contribution in [3.63, 3.8) is 0 Å². The zero-order chi connectivity index (χ0) is 19.5. The van der Waals surface area contributed by atoms with Gasteiger partial charge in [-0.05, 0) is 42.2 Å². The maximum Gasteiger partial charge on any atom is 0.123 e. The predicted molar refractivity (Wildman–Crippen MR) is 108 cm³/mol. The van der Waals surface area contributed by atoms with E-state index in [1.54, 1.807) is 6.92 Å². The number of ether oxygens (including phenoxy) is 2. The van der Waals surface area contributed by atoms with Crippen LogP contribution in [0.5, 0.6) is 11.5 Å². The SMILES string of the molecule is CC(C)(C)CN1CCOc2ccc([C@](C)(O)COc3ccccc3)cc2C1. The molecule has 3 rings (SSSR count). The van der Waals surface area contributed by atoms with E-state index in [4.69, 9.17) is 9.47 Å². The van der Waals surface area contributed by atoms with Gasteiger partial charge in [-0.25, -0.2) is 0 Å². The summed E-state index contributed by atoms with van der Waals surface area (Å²) in [6.07, 6.45) is 0. The largest absolute Gasteiger partial charge is 0.492 e. The van der Waals surface area contributed by atoms with Crippen LogP contribution in [0.1, 0.15) is 38.8 Å². The molecule has 1 aliphatic heterocycles. The molecule has 0 aromatic heterocycles. The number of nitrogens with zero attached hydrogens (tertiary/aromatic N) is 1. The van der Waals surface area contributed by atoms with Gasteiger partial charge in [0.1, 0.15) is 30.3 Å². The van der Waals surface area contributed by atoms with Gasteiger partial charge in [0.15, 0.2) is 0 Å². The molecule has 2 aromatic carbocycles. The minimum Gasteiger partial charge on any atom is -0.492 e. The van der Waals surface area contributed by atoms with Gasteiger partial charge in [-0.3, -0.25) is 4.90 Å². The standard InChI is InChI=1S/C23H31NO3/c1-22(2,3)16-24-12-13-26-21-11-10-19(14-18(21)15-24)23(4,25)17-27-20-8-6-5-7-9-20/h5-11,14,25H,12-13,15-17H2,1-4H3/t23-/m1/s1. The summed E-state index contributed by atoms with van der Waals surface area (Å²) in [5.41, 5.74) is 1.12. The zero-order valence-corrected chi connectivity index (χ0v) is 16.9. The first-order chi connectivity index (χ1) is 12.7. The van der Waals surface area contributed by atoms with Gasteiger partial charge in [0, 0.05) is 25.2 Å².